The zero-order valence-corrected chi connectivity index (χ0v) is 6.65. The summed E-state index contributed by atoms with van der Waals surface area (Å²) in [5, 5.41) is 9.44. The SMILES string of the molecule is Oc1cnc2c(Cl)ccnc2n1. The Balaban J connectivity index is 2.86. The van der Waals surface area contributed by atoms with Gasteiger partial charge in [-0.15, -0.1) is 0 Å². The summed E-state index contributed by atoms with van der Waals surface area (Å²) in [7, 11) is 0. The van der Waals surface area contributed by atoms with E-state index in [-0.39, 0.29) is 5.88 Å². The first-order valence-corrected chi connectivity index (χ1v) is 3.61. The lowest BCUT2D eigenvalue weighted by Crippen LogP contribution is -1.86. The van der Waals surface area contributed by atoms with Crippen LogP contribution in [0.5, 0.6) is 5.88 Å². The Morgan fingerprint density at radius 3 is 3.00 bits per heavy atom. The van der Waals surface area contributed by atoms with E-state index in [9.17, 15) is 0 Å². The van der Waals surface area contributed by atoms with E-state index in [1.807, 2.05) is 0 Å². The second-order valence-corrected chi connectivity index (χ2v) is 2.60. The van der Waals surface area contributed by atoms with Crippen molar-refractivity contribution in [3.63, 3.8) is 0 Å². The van der Waals surface area contributed by atoms with Crippen LogP contribution in [0.4, 0.5) is 0 Å². The molecular formula is C7H4ClN3O. The maximum absolute atomic E-state index is 8.96. The van der Waals surface area contributed by atoms with Crippen LogP contribution in [0.1, 0.15) is 0 Å². The molecular weight excluding hydrogens is 178 g/mol. The lowest BCUT2D eigenvalue weighted by molar-refractivity contribution is 0.453. The zero-order valence-electron chi connectivity index (χ0n) is 5.90. The van der Waals surface area contributed by atoms with E-state index in [0.29, 0.717) is 16.2 Å². The second kappa shape index (κ2) is 2.57. The van der Waals surface area contributed by atoms with Crippen LogP contribution in [-0.2, 0) is 0 Å². The quantitative estimate of drug-likeness (QED) is 0.667. The Kier molecular flexibility index (Phi) is 1.55. The van der Waals surface area contributed by atoms with E-state index in [2.05, 4.69) is 15.0 Å². The Morgan fingerprint density at radius 1 is 1.33 bits per heavy atom. The normalized spacial score (nSPS) is 10.4. The van der Waals surface area contributed by atoms with Crippen molar-refractivity contribution in [1.29, 1.82) is 0 Å². The maximum Gasteiger partial charge on any atom is 0.231 e. The molecule has 4 nitrogen and oxygen atoms in total. The topological polar surface area (TPSA) is 58.9 Å². The van der Waals surface area contributed by atoms with Gasteiger partial charge in [0, 0.05) is 6.20 Å². The highest BCUT2D eigenvalue weighted by atomic mass is 35.5. The summed E-state index contributed by atoms with van der Waals surface area (Å²) >= 11 is 5.79. The highest BCUT2D eigenvalue weighted by Crippen LogP contribution is 2.18. The molecule has 0 atom stereocenters. The third-order valence-electron chi connectivity index (χ3n) is 1.39. The van der Waals surface area contributed by atoms with Gasteiger partial charge in [-0.3, -0.25) is 0 Å². The van der Waals surface area contributed by atoms with E-state index in [4.69, 9.17) is 16.7 Å². The van der Waals surface area contributed by atoms with Crippen LogP contribution in [0.3, 0.4) is 0 Å². The first-order valence-electron chi connectivity index (χ1n) is 3.23. The fraction of sp³-hybridized carbons (Fsp3) is 0. The smallest absolute Gasteiger partial charge is 0.231 e. The minimum absolute atomic E-state index is 0.155. The van der Waals surface area contributed by atoms with Gasteiger partial charge in [-0.2, -0.15) is 4.98 Å². The Morgan fingerprint density at radius 2 is 2.17 bits per heavy atom. The minimum Gasteiger partial charge on any atom is -0.492 e. The zero-order chi connectivity index (χ0) is 8.55. The molecule has 1 N–H and O–H groups in total. The third kappa shape index (κ3) is 1.06. The summed E-state index contributed by atoms with van der Waals surface area (Å²) in [5.74, 6) is -0.155. The molecule has 0 bridgehead atoms. The van der Waals surface area contributed by atoms with Gasteiger partial charge in [0.15, 0.2) is 5.65 Å². The van der Waals surface area contributed by atoms with Gasteiger partial charge in [-0.25, -0.2) is 9.97 Å². The van der Waals surface area contributed by atoms with Gasteiger partial charge in [-0.05, 0) is 6.07 Å². The molecule has 2 rings (SSSR count). The molecule has 2 heterocycles. The van der Waals surface area contributed by atoms with Crippen molar-refractivity contribution >= 4 is 22.8 Å². The molecule has 0 amide bonds. The number of hydrogen-bond acceptors (Lipinski definition) is 4. The van der Waals surface area contributed by atoms with Gasteiger partial charge in [-0.1, -0.05) is 11.6 Å². The number of hydrogen-bond donors (Lipinski definition) is 1. The number of halogens is 1. The monoisotopic (exact) mass is 181 g/mol. The lowest BCUT2D eigenvalue weighted by Gasteiger charge is -1.96. The predicted molar refractivity (Wildman–Crippen MR) is 44.0 cm³/mol. The highest BCUT2D eigenvalue weighted by Gasteiger charge is 2.02. The van der Waals surface area contributed by atoms with Gasteiger partial charge >= 0.3 is 0 Å². The summed E-state index contributed by atoms with van der Waals surface area (Å²) in [6, 6.07) is 1.62. The molecule has 60 valence electrons. The van der Waals surface area contributed by atoms with Crippen molar-refractivity contribution in [2.45, 2.75) is 0 Å². The molecule has 0 fully saturated rings. The second-order valence-electron chi connectivity index (χ2n) is 2.19. The van der Waals surface area contributed by atoms with E-state index < -0.39 is 0 Å². The third-order valence-corrected chi connectivity index (χ3v) is 1.69. The lowest BCUT2D eigenvalue weighted by atomic mass is 10.4. The molecule has 0 aromatic carbocycles. The summed E-state index contributed by atoms with van der Waals surface area (Å²) in [6.45, 7) is 0. The van der Waals surface area contributed by atoms with Crippen molar-refractivity contribution in [2.75, 3.05) is 0 Å². The van der Waals surface area contributed by atoms with Gasteiger partial charge in [0.05, 0.1) is 11.2 Å². The number of aromatic hydroxyl groups is 1. The van der Waals surface area contributed by atoms with Crippen molar-refractivity contribution in [2.24, 2.45) is 0 Å². The largest absolute Gasteiger partial charge is 0.492 e. The van der Waals surface area contributed by atoms with Crippen LogP contribution in [0.2, 0.25) is 5.02 Å². The average molecular weight is 182 g/mol. The first-order chi connectivity index (χ1) is 5.77. The van der Waals surface area contributed by atoms with Gasteiger partial charge in [0.2, 0.25) is 5.88 Å². The first kappa shape index (κ1) is 7.24. The molecule has 0 aliphatic rings. The fourth-order valence-electron chi connectivity index (χ4n) is 0.881. The Hall–Kier alpha value is -1.42. The molecule has 5 heteroatoms. The molecule has 0 unspecified atom stereocenters. The number of nitrogens with zero attached hydrogens (tertiary/aromatic N) is 3. The fourth-order valence-corrected chi connectivity index (χ4v) is 1.07. The average Bonchev–Trinajstić information content (AvgIpc) is 2.04. The predicted octanol–water partition coefficient (Wildman–Crippen LogP) is 1.38. The van der Waals surface area contributed by atoms with Gasteiger partial charge < -0.3 is 5.11 Å². The molecule has 0 aliphatic carbocycles. The van der Waals surface area contributed by atoms with Crippen LogP contribution in [0.25, 0.3) is 11.2 Å². The standard InChI is InChI=1S/C7H4ClN3O/c8-4-1-2-9-7-6(4)10-3-5(12)11-7/h1-3H,(H,9,11,12). The van der Waals surface area contributed by atoms with Crippen molar-refractivity contribution in [1.82, 2.24) is 15.0 Å². The summed E-state index contributed by atoms with van der Waals surface area (Å²) in [5.41, 5.74) is 0.847. The van der Waals surface area contributed by atoms with E-state index in [0.717, 1.165) is 0 Å². The van der Waals surface area contributed by atoms with Crippen LogP contribution >= 0.6 is 11.6 Å². The maximum atomic E-state index is 8.96. The molecule has 0 saturated heterocycles. The van der Waals surface area contributed by atoms with Gasteiger partial charge in [0.25, 0.3) is 0 Å². The molecule has 12 heavy (non-hydrogen) atoms. The van der Waals surface area contributed by atoms with Crippen LogP contribution in [0.15, 0.2) is 18.5 Å². The van der Waals surface area contributed by atoms with Crippen molar-refractivity contribution < 1.29 is 5.11 Å². The van der Waals surface area contributed by atoms with Gasteiger partial charge in [0.1, 0.15) is 5.52 Å². The summed E-state index contributed by atoms with van der Waals surface area (Å²) in [6.07, 6.45) is 2.74. The number of fused-ring (bicyclic) bond motifs is 1. The molecule has 0 spiro atoms. The van der Waals surface area contributed by atoms with E-state index >= 15 is 0 Å². The minimum atomic E-state index is -0.155. The number of rotatable bonds is 0. The number of aromatic nitrogens is 3. The van der Waals surface area contributed by atoms with Crippen molar-refractivity contribution in [3.05, 3.63) is 23.5 Å². The van der Waals surface area contributed by atoms with E-state index in [1.165, 1.54) is 12.4 Å². The molecule has 0 aliphatic heterocycles. The molecule has 0 saturated carbocycles. The van der Waals surface area contributed by atoms with Crippen LogP contribution in [0, 0.1) is 0 Å². The van der Waals surface area contributed by atoms with Crippen LogP contribution < -0.4 is 0 Å². The Bertz CT molecular complexity index is 432. The Labute approximate surface area is 72.9 Å². The van der Waals surface area contributed by atoms with Crippen LogP contribution in [-0.4, -0.2) is 20.1 Å². The summed E-state index contributed by atoms with van der Waals surface area (Å²) in [4.78, 5) is 11.5. The highest BCUT2D eigenvalue weighted by molar-refractivity contribution is 6.34. The molecule has 2 aromatic rings. The summed E-state index contributed by atoms with van der Waals surface area (Å²) < 4.78 is 0. The number of pyridine rings is 1. The molecule has 0 radical (unpaired) electrons. The van der Waals surface area contributed by atoms with Crippen molar-refractivity contribution in [3.8, 4) is 5.88 Å². The van der Waals surface area contributed by atoms with E-state index in [1.54, 1.807) is 6.07 Å². The molecule has 2 aromatic heterocycles.